The number of nitrogens with one attached hydrogen (secondary N) is 3. The van der Waals surface area contributed by atoms with E-state index in [4.69, 9.17) is 9.73 Å². The second-order valence-electron chi connectivity index (χ2n) is 10.8. The molecule has 201 valence electrons. The Hall–Kier alpha value is -3.39. The lowest BCUT2D eigenvalue weighted by molar-refractivity contribution is -0.138. The van der Waals surface area contributed by atoms with Crippen molar-refractivity contribution in [2.24, 2.45) is 5.41 Å². The van der Waals surface area contributed by atoms with Gasteiger partial charge in [-0.25, -0.2) is 5.32 Å². The zero-order valence-corrected chi connectivity index (χ0v) is 22.5. The van der Waals surface area contributed by atoms with Crippen molar-refractivity contribution in [3.63, 3.8) is 0 Å². The van der Waals surface area contributed by atoms with Gasteiger partial charge in [0.25, 0.3) is 0 Å². The molecule has 2 bridgehead atoms. The van der Waals surface area contributed by atoms with Crippen LogP contribution in [-0.2, 0) is 9.59 Å². The Bertz CT molecular complexity index is 1230. The summed E-state index contributed by atoms with van der Waals surface area (Å²) in [6, 6.07) is 12.2. The third-order valence-corrected chi connectivity index (χ3v) is 8.47. The molecule has 0 aromatic heterocycles. The highest BCUT2D eigenvalue weighted by atomic mass is 16.5. The quantitative estimate of drug-likeness (QED) is 0.398. The van der Waals surface area contributed by atoms with Gasteiger partial charge in [-0.15, -0.1) is 0 Å². The van der Waals surface area contributed by atoms with Gasteiger partial charge in [0, 0.05) is 19.0 Å². The maximum Gasteiger partial charge on any atom is 0.319 e. The van der Waals surface area contributed by atoms with Crippen molar-refractivity contribution in [1.29, 1.82) is 0 Å². The largest absolute Gasteiger partial charge is 0.497 e. The standard InChI is InChI=1S/C30H39N5O3/c1-31-27(36)7-5-3-4-6-25(34-29(37)30-12-15-35(16-13-30)17-14-30)28-32-20-26(33-28)23-9-8-22-19-24(38-2)11-10-21(22)18-23/h8-11,18-20,25,33H,3-7,12-17H2,1-2H3,(H,31,36)(H,34,37)/q+1. The Labute approximate surface area is 224 Å². The molecule has 6 rings (SSSR count). The molecule has 3 fully saturated rings. The Morgan fingerprint density at radius 1 is 1.05 bits per heavy atom. The van der Waals surface area contributed by atoms with E-state index in [1.54, 1.807) is 14.2 Å². The van der Waals surface area contributed by atoms with Crippen molar-refractivity contribution in [2.75, 3.05) is 33.8 Å². The summed E-state index contributed by atoms with van der Waals surface area (Å²) in [7, 11) is 3.35. The summed E-state index contributed by atoms with van der Waals surface area (Å²) in [5.41, 5.74) is 1.73. The summed E-state index contributed by atoms with van der Waals surface area (Å²) in [5.74, 6) is 1.87. The number of methoxy groups -OCH3 is 1. The number of amidine groups is 1. The molecular weight excluding hydrogens is 478 g/mol. The van der Waals surface area contributed by atoms with Crippen LogP contribution in [0.4, 0.5) is 0 Å². The number of carbonyl (C=O) groups is 2. The molecule has 8 nitrogen and oxygen atoms in total. The van der Waals surface area contributed by atoms with Gasteiger partial charge >= 0.3 is 5.84 Å². The SMILES string of the molecule is CNC(=O)CCCCCC(NC(=O)C12CCN(CC1)CC2)C1=[N+]C=C(c2ccc3cc(OC)ccc3c2)N1. The first-order chi connectivity index (χ1) is 18.5. The van der Waals surface area contributed by atoms with Crippen molar-refractivity contribution in [3.05, 3.63) is 48.2 Å². The average Bonchev–Trinajstić information content (AvgIpc) is 3.47. The zero-order valence-electron chi connectivity index (χ0n) is 22.5. The molecule has 1 unspecified atom stereocenters. The van der Waals surface area contributed by atoms with E-state index >= 15 is 0 Å². The van der Waals surface area contributed by atoms with Crippen molar-refractivity contribution in [1.82, 2.24) is 25.8 Å². The van der Waals surface area contributed by atoms with Crippen LogP contribution in [0.5, 0.6) is 5.75 Å². The Kier molecular flexibility index (Phi) is 7.98. The predicted molar refractivity (Wildman–Crippen MR) is 151 cm³/mol. The van der Waals surface area contributed by atoms with Crippen LogP contribution < -0.4 is 25.7 Å². The van der Waals surface area contributed by atoms with Crippen LogP contribution >= 0.6 is 0 Å². The molecule has 8 heteroatoms. The molecule has 2 aromatic carbocycles. The average molecular weight is 518 g/mol. The van der Waals surface area contributed by atoms with E-state index in [1.165, 1.54) is 0 Å². The van der Waals surface area contributed by atoms with Crippen LogP contribution in [0.25, 0.3) is 16.5 Å². The van der Waals surface area contributed by atoms with Gasteiger partial charge in [-0.2, -0.15) is 0 Å². The Morgan fingerprint density at radius 3 is 2.53 bits per heavy atom. The third-order valence-electron chi connectivity index (χ3n) is 8.47. The van der Waals surface area contributed by atoms with Crippen molar-refractivity contribution in [2.45, 2.75) is 57.4 Å². The fraction of sp³-hybridized carbons (Fsp3) is 0.500. The van der Waals surface area contributed by atoms with E-state index in [-0.39, 0.29) is 23.3 Å². The van der Waals surface area contributed by atoms with E-state index in [2.05, 4.69) is 45.1 Å². The van der Waals surface area contributed by atoms with Gasteiger partial charge in [-0.1, -0.05) is 25.0 Å². The van der Waals surface area contributed by atoms with Crippen molar-refractivity contribution < 1.29 is 14.3 Å². The molecule has 4 aliphatic heterocycles. The van der Waals surface area contributed by atoms with E-state index in [9.17, 15) is 9.59 Å². The topological polar surface area (TPSA) is 96.8 Å². The monoisotopic (exact) mass is 517 g/mol. The van der Waals surface area contributed by atoms with Crippen molar-refractivity contribution >= 4 is 34.1 Å². The first-order valence-corrected chi connectivity index (χ1v) is 13.9. The molecule has 4 heterocycles. The minimum atomic E-state index is -0.249. The number of ether oxygens (including phenoxy) is 1. The molecule has 2 aromatic rings. The molecular formula is C30H39N5O3+. The Morgan fingerprint density at radius 2 is 1.79 bits per heavy atom. The van der Waals surface area contributed by atoms with Crippen LogP contribution in [0, 0.1) is 5.41 Å². The smallest absolute Gasteiger partial charge is 0.319 e. The number of fused-ring (bicyclic) bond motifs is 4. The van der Waals surface area contributed by atoms with Crippen molar-refractivity contribution in [3.8, 4) is 5.75 Å². The van der Waals surface area contributed by atoms with E-state index in [0.29, 0.717) is 6.42 Å². The summed E-state index contributed by atoms with van der Waals surface area (Å²) in [6.45, 7) is 3.03. The molecule has 4 aliphatic rings. The van der Waals surface area contributed by atoms with Crippen LogP contribution in [-0.4, -0.2) is 62.4 Å². The number of carbonyl (C=O) groups excluding carboxylic acids is 2. The van der Waals surface area contributed by atoms with Gasteiger partial charge in [0.15, 0.2) is 11.9 Å². The first-order valence-electron chi connectivity index (χ1n) is 13.9. The number of nitrogens with zero attached hydrogens (tertiary/aromatic N) is 2. The van der Waals surface area contributed by atoms with Gasteiger partial charge < -0.3 is 20.3 Å². The lowest BCUT2D eigenvalue weighted by atomic mass is 9.71. The summed E-state index contributed by atoms with van der Waals surface area (Å²) < 4.78 is 5.35. The second kappa shape index (κ2) is 11.6. The minimum absolute atomic E-state index is 0.0714. The van der Waals surface area contributed by atoms with Gasteiger partial charge in [0.1, 0.15) is 11.8 Å². The number of aliphatic imine (C=N–C) groups is 1. The highest BCUT2D eigenvalue weighted by molar-refractivity contribution is 6.00. The molecule has 1 atom stereocenters. The van der Waals surface area contributed by atoms with E-state index in [1.807, 2.05) is 18.3 Å². The summed E-state index contributed by atoms with van der Waals surface area (Å²) in [5, 5.41) is 11.8. The maximum absolute atomic E-state index is 13.6. The molecule has 0 saturated carbocycles. The lowest BCUT2D eigenvalue weighted by Gasteiger charge is -2.47. The number of unbranched alkanes of at least 4 members (excludes halogenated alkanes) is 2. The third kappa shape index (κ3) is 5.70. The highest BCUT2D eigenvalue weighted by Crippen LogP contribution is 2.40. The molecule has 3 saturated heterocycles. The molecule has 2 amide bonds. The predicted octanol–water partition coefficient (Wildman–Crippen LogP) is 3.15. The molecule has 3 N–H and O–H groups in total. The number of hydrogen-bond donors (Lipinski definition) is 3. The fourth-order valence-corrected chi connectivity index (χ4v) is 5.87. The molecule has 0 spiro atoms. The van der Waals surface area contributed by atoms with Crippen LogP contribution in [0.3, 0.4) is 0 Å². The molecule has 38 heavy (non-hydrogen) atoms. The Balaban J connectivity index is 1.26. The number of rotatable bonds is 11. The summed E-state index contributed by atoms with van der Waals surface area (Å²) in [4.78, 5) is 32.4. The summed E-state index contributed by atoms with van der Waals surface area (Å²) in [6.07, 6.45) is 8.67. The molecule has 0 aliphatic carbocycles. The van der Waals surface area contributed by atoms with Gasteiger partial charge in [-0.05, 0) is 91.8 Å². The minimum Gasteiger partial charge on any atom is -0.497 e. The van der Waals surface area contributed by atoms with Crippen LogP contribution in [0.2, 0.25) is 0 Å². The number of piperidine rings is 3. The number of amides is 2. The van der Waals surface area contributed by atoms with Gasteiger partial charge in [0.05, 0.1) is 12.5 Å². The molecule has 1 radical (unpaired) electrons. The highest BCUT2D eigenvalue weighted by Gasteiger charge is 2.46. The first kappa shape index (κ1) is 26.2. The lowest BCUT2D eigenvalue weighted by Crippen LogP contribution is -2.58. The second-order valence-corrected chi connectivity index (χ2v) is 10.8. The maximum atomic E-state index is 13.6. The van der Waals surface area contributed by atoms with Crippen LogP contribution in [0.15, 0.2) is 42.6 Å². The number of hydrogen-bond acceptors (Lipinski definition) is 6. The summed E-state index contributed by atoms with van der Waals surface area (Å²) >= 11 is 0. The van der Waals surface area contributed by atoms with E-state index < -0.39 is 0 Å². The van der Waals surface area contributed by atoms with E-state index in [0.717, 1.165) is 98.2 Å². The number of benzene rings is 2. The zero-order chi connectivity index (χ0) is 26.5. The van der Waals surface area contributed by atoms with Gasteiger partial charge in [-0.3, -0.25) is 9.59 Å². The normalized spacial score (nSPS) is 22.8. The fourth-order valence-electron chi connectivity index (χ4n) is 5.87. The van der Waals surface area contributed by atoms with Gasteiger partial charge in [0.2, 0.25) is 11.8 Å². The van der Waals surface area contributed by atoms with Crippen LogP contribution in [0.1, 0.15) is 56.9 Å².